The monoisotopic (exact) mass is 450 g/mol. The average molecular weight is 451 g/mol. The predicted molar refractivity (Wildman–Crippen MR) is 121 cm³/mol. The van der Waals surface area contributed by atoms with Crippen molar-refractivity contribution in [2.45, 2.75) is 6.92 Å². The number of nitrogens with zero attached hydrogens (tertiary/aromatic N) is 1. The lowest BCUT2D eigenvalue weighted by Gasteiger charge is -2.09. The molecule has 0 spiro atoms. The van der Waals surface area contributed by atoms with Crippen LogP contribution in [0.1, 0.15) is 21.5 Å². The Hall–Kier alpha value is -3.59. The van der Waals surface area contributed by atoms with Crippen LogP contribution in [0.15, 0.2) is 72.3 Å². The second-order valence-corrected chi connectivity index (χ2v) is 7.36. The highest BCUT2D eigenvalue weighted by Crippen LogP contribution is 2.30. The molecule has 154 valence electrons. The number of hydrogen-bond acceptors (Lipinski definition) is 4. The van der Waals surface area contributed by atoms with Gasteiger partial charge in [0.2, 0.25) is 0 Å². The number of esters is 1. The van der Waals surface area contributed by atoms with Crippen LogP contribution in [0.3, 0.4) is 0 Å². The summed E-state index contributed by atoms with van der Waals surface area (Å²) in [4.78, 5) is 24.8. The van der Waals surface area contributed by atoms with Crippen LogP contribution in [0.2, 0.25) is 10.0 Å². The molecule has 1 N–H and O–H groups in total. The van der Waals surface area contributed by atoms with Crippen molar-refractivity contribution in [1.82, 2.24) is 0 Å². The Morgan fingerprint density at radius 3 is 2.29 bits per heavy atom. The molecule has 5 nitrogen and oxygen atoms in total. The fourth-order valence-electron chi connectivity index (χ4n) is 2.64. The van der Waals surface area contributed by atoms with E-state index in [1.54, 1.807) is 54.6 Å². The number of nitrogens with one attached hydrogen (secondary N) is 1. The molecule has 0 unspecified atom stereocenters. The molecule has 3 aromatic carbocycles. The van der Waals surface area contributed by atoms with Gasteiger partial charge in [-0.1, -0.05) is 59.1 Å². The Morgan fingerprint density at radius 1 is 1.00 bits per heavy atom. The van der Waals surface area contributed by atoms with Gasteiger partial charge in [-0.3, -0.25) is 4.79 Å². The second kappa shape index (κ2) is 9.94. The molecule has 0 saturated heterocycles. The van der Waals surface area contributed by atoms with Gasteiger partial charge in [-0.05, 0) is 55.0 Å². The minimum atomic E-state index is -0.667. The van der Waals surface area contributed by atoms with Gasteiger partial charge >= 0.3 is 5.97 Å². The summed E-state index contributed by atoms with van der Waals surface area (Å²) in [6, 6.07) is 20.1. The van der Waals surface area contributed by atoms with Gasteiger partial charge in [0.05, 0.1) is 21.3 Å². The van der Waals surface area contributed by atoms with Crippen LogP contribution in [-0.2, 0) is 4.79 Å². The number of benzene rings is 3. The minimum Gasteiger partial charge on any atom is -0.423 e. The first-order chi connectivity index (χ1) is 14.9. The largest absolute Gasteiger partial charge is 0.423 e. The first-order valence-electron chi connectivity index (χ1n) is 9.13. The van der Waals surface area contributed by atoms with E-state index in [1.807, 2.05) is 25.1 Å². The molecule has 3 aromatic rings. The first-order valence-corrected chi connectivity index (χ1v) is 9.89. The zero-order chi connectivity index (χ0) is 22.4. The Balaban J connectivity index is 1.78. The summed E-state index contributed by atoms with van der Waals surface area (Å²) in [5.74, 6) is -0.890. The van der Waals surface area contributed by atoms with E-state index in [2.05, 4.69) is 5.32 Å². The van der Waals surface area contributed by atoms with E-state index in [1.165, 1.54) is 6.08 Å². The standard InChI is InChI=1S/C24H16Cl2N2O3/c1-15-8-10-17(11-9-15)24(30)31-19-5-2-4-16(13-19)12-18(14-27)23(29)28-22-20(25)6-3-7-21(22)26/h2-13H,1H3,(H,28,29)/b18-12+. The number of nitriles is 1. The van der Waals surface area contributed by atoms with E-state index in [4.69, 9.17) is 27.9 Å². The summed E-state index contributed by atoms with van der Waals surface area (Å²) in [5.41, 5.74) is 2.01. The molecular formula is C24H16Cl2N2O3. The van der Waals surface area contributed by atoms with Crippen LogP contribution in [0.5, 0.6) is 5.75 Å². The molecule has 0 saturated carbocycles. The molecule has 3 rings (SSSR count). The molecule has 0 heterocycles. The predicted octanol–water partition coefficient (Wildman–Crippen LogP) is 6.07. The van der Waals surface area contributed by atoms with Gasteiger partial charge in [0.1, 0.15) is 17.4 Å². The van der Waals surface area contributed by atoms with E-state index in [0.717, 1.165) is 5.56 Å². The molecule has 31 heavy (non-hydrogen) atoms. The second-order valence-electron chi connectivity index (χ2n) is 6.55. The highest BCUT2D eigenvalue weighted by Gasteiger charge is 2.14. The van der Waals surface area contributed by atoms with E-state index in [0.29, 0.717) is 11.1 Å². The van der Waals surface area contributed by atoms with Crippen LogP contribution < -0.4 is 10.1 Å². The maximum atomic E-state index is 12.5. The third-order valence-corrected chi connectivity index (χ3v) is 4.86. The van der Waals surface area contributed by atoms with E-state index < -0.39 is 11.9 Å². The maximum absolute atomic E-state index is 12.5. The minimum absolute atomic E-state index is 0.169. The lowest BCUT2D eigenvalue weighted by molar-refractivity contribution is -0.112. The number of hydrogen-bond donors (Lipinski definition) is 1. The van der Waals surface area contributed by atoms with Gasteiger partial charge in [-0.15, -0.1) is 0 Å². The lowest BCUT2D eigenvalue weighted by Crippen LogP contribution is -2.14. The van der Waals surface area contributed by atoms with Crippen molar-refractivity contribution in [2.75, 3.05) is 5.32 Å². The zero-order valence-corrected chi connectivity index (χ0v) is 17.9. The summed E-state index contributed by atoms with van der Waals surface area (Å²) in [7, 11) is 0. The number of aryl methyl sites for hydroxylation is 1. The van der Waals surface area contributed by atoms with Gasteiger partial charge in [0.15, 0.2) is 0 Å². The summed E-state index contributed by atoms with van der Waals surface area (Å²) >= 11 is 12.1. The summed E-state index contributed by atoms with van der Waals surface area (Å²) in [5, 5.41) is 12.5. The Labute approximate surface area is 189 Å². The maximum Gasteiger partial charge on any atom is 0.343 e. The summed E-state index contributed by atoms with van der Waals surface area (Å²) < 4.78 is 5.40. The highest BCUT2D eigenvalue weighted by atomic mass is 35.5. The first kappa shape index (κ1) is 22.1. The molecule has 0 aliphatic carbocycles. The molecule has 0 fully saturated rings. The van der Waals surface area contributed by atoms with E-state index in [9.17, 15) is 14.9 Å². The van der Waals surface area contributed by atoms with Gasteiger partial charge in [-0.2, -0.15) is 5.26 Å². The average Bonchev–Trinajstić information content (AvgIpc) is 2.75. The van der Waals surface area contributed by atoms with Crippen LogP contribution >= 0.6 is 23.2 Å². The van der Waals surface area contributed by atoms with Gasteiger partial charge in [-0.25, -0.2) is 4.79 Å². The summed E-state index contributed by atoms with van der Waals surface area (Å²) in [6.07, 6.45) is 1.38. The van der Waals surface area contributed by atoms with Crippen molar-refractivity contribution >= 4 is 46.8 Å². The van der Waals surface area contributed by atoms with Crippen molar-refractivity contribution in [3.8, 4) is 11.8 Å². The molecule has 0 aliphatic heterocycles. The molecule has 0 aromatic heterocycles. The van der Waals surface area contributed by atoms with Gasteiger partial charge in [0.25, 0.3) is 5.91 Å². The van der Waals surface area contributed by atoms with Crippen molar-refractivity contribution in [2.24, 2.45) is 0 Å². The fraction of sp³-hybridized carbons (Fsp3) is 0.0417. The number of para-hydroxylation sites is 1. The third kappa shape index (κ3) is 5.73. The van der Waals surface area contributed by atoms with Crippen LogP contribution in [0.4, 0.5) is 5.69 Å². The highest BCUT2D eigenvalue weighted by molar-refractivity contribution is 6.40. The normalized spacial score (nSPS) is 10.8. The van der Waals surface area contributed by atoms with Crippen LogP contribution in [-0.4, -0.2) is 11.9 Å². The quantitative estimate of drug-likeness (QED) is 0.221. The zero-order valence-electron chi connectivity index (χ0n) is 16.4. The topological polar surface area (TPSA) is 79.2 Å². The number of carbonyl (C=O) groups is 2. The number of carbonyl (C=O) groups excluding carboxylic acids is 2. The fourth-order valence-corrected chi connectivity index (χ4v) is 3.13. The number of ether oxygens (including phenoxy) is 1. The Kier molecular flexibility index (Phi) is 7.09. The van der Waals surface area contributed by atoms with Gasteiger partial charge < -0.3 is 10.1 Å². The van der Waals surface area contributed by atoms with E-state index >= 15 is 0 Å². The number of anilines is 1. The Bertz CT molecular complexity index is 1190. The molecule has 7 heteroatoms. The number of amides is 1. The van der Waals surface area contributed by atoms with Gasteiger partial charge in [0, 0.05) is 0 Å². The van der Waals surface area contributed by atoms with Crippen molar-refractivity contribution < 1.29 is 14.3 Å². The molecule has 1 amide bonds. The molecule has 0 aliphatic rings. The molecule has 0 radical (unpaired) electrons. The van der Waals surface area contributed by atoms with E-state index in [-0.39, 0.29) is 27.1 Å². The van der Waals surface area contributed by atoms with Crippen LogP contribution in [0.25, 0.3) is 6.08 Å². The van der Waals surface area contributed by atoms with Crippen molar-refractivity contribution in [3.63, 3.8) is 0 Å². The molecule has 0 atom stereocenters. The number of rotatable bonds is 5. The third-order valence-electron chi connectivity index (χ3n) is 4.23. The SMILES string of the molecule is Cc1ccc(C(=O)Oc2cccc(/C=C(\C#N)C(=O)Nc3c(Cl)cccc3Cl)c2)cc1. The van der Waals surface area contributed by atoms with Crippen molar-refractivity contribution in [1.29, 1.82) is 5.26 Å². The molecular weight excluding hydrogens is 435 g/mol. The Morgan fingerprint density at radius 2 is 1.65 bits per heavy atom. The summed E-state index contributed by atoms with van der Waals surface area (Å²) in [6.45, 7) is 1.92. The molecule has 0 bridgehead atoms. The smallest absolute Gasteiger partial charge is 0.343 e. The lowest BCUT2D eigenvalue weighted by atomic mass is 10.1. The van der Waals surface area contributed by atoms with Crippen LogP contribution in [0, 0.1) is 18.3 Å². The van der Waals surface area contributed by atoms with Crippen molar-refractivity contribution in [3.05, 3.63) is 99.0 Å². The number of halogens is 2.